The topological polar surface area (TPSA) is 6.48 Å². The summed E-state index contributed by atoms with van der Waals surface area (Å²) in [6, 6.07) is 51.4. The molecule has 10 unspecified atom stereocenters. The van der Waals surface area contributed by atoms with Gasteiger partial charge >= 0.3 is 0 Å². The highest BCUT2D eigenvalue weighted by molar-refractivity contribution is 8.01. The zero-order valence-corrected chi connectivity index (χ0v) is 49.9. The fraction of sp³-hybridized carbons (Fsp3) is 0.171. The van der Waals surface area contributed by atoms with E-state index >= 15 is 13.2 Å². The van der Waals surface area contributed by atoms with Crippen LogP contribution < -0.4 is 20.2 Å². The second kappa shape index (κ2) is 21.9. The fourth-order valence-corrected chi connectivity index (χ4v) is 18.1. The quantitative estimate of drug-likeness (QED) is 0.0889. The zero-order valence-electron chi connectivity index (χ0n) is 49.1. The molecule has 7 aromatic rings. The Labute approximate surface area is 522 Å². The van der Waals surface area contributed by atoms with E-state index in [4.69, 9.17) is 0 Å². The van der Waals surface area contributed by atoms with Gasteiger partial charge in [0.05, 0.1) is 16.9 Å². The number of anilines is 4. The van der Waals surface area contributed by atoms with Gasteiger partial charge in [0.15, 0.2) is 0 Å². The average molecular weight is 1190 g/mol. The number of thioether (sulfide) groups is 1. The van der Waals surface area contributed by atoms with Crippen molar-refractivity contribution in [1.29, 1.82) is 0 Å². The van der Waals surface area contributed by atoms with E-state index in [1.807, 2.05) is 54.3 Å². The average Bonchev–Trinajstić information content (AvgIpc) is 1.57. The predicted octanol–water partition coefficient (Wildman–Crippen LogP) is 19.3. The summed E-state index contributed by atoms with van der Waals surface area (Å²) < 4.78 is 60.1. The highest BCUT2D eigenvalue weighted by Crippen LogP contribution is 2.62. The summed E-state index contributed by atoms with van der Waals surface area (Å²) in [4.78, 5) is 4.67. The lowest BCUT2D eigenvalue weighted by Crippen LogP contribution is -2.38. The molecule has 8 aliphatic carbocycles. The van der Waals surface area contributed by atoms with Crippen molar-refractivity contribution in [1.82, 2.24) is 0 Å². The molecule has 1 fully saturated rings. The van der Waals surface area contributed by atoms with Gasteiger partial charge in [-0.3, -0.25) is 0 Å². The van der Waals surface area contributed by atoms with Crippen molar-refractivity contribution in [2.24, 2.45) is 29.6 Å². The van der Waals surface area contributed by atoms with Crippen LogP contribution >= 0.6 is 11.8 Å². The monoisotopic (exact) mass is 1180 g/mol. The SMILES string of the molecule is C=CC1=CCC(C2(c3ccc(F)cc3)c3ccccc3-c3ccc(N(c4ccc(F)cc4)c4ccc5c(c4)=CC4C(C=5)SC5C=CC(N(c6ccc7c(c6)C(C6=CCC(C=C)C=C6)(C6C=CC(F)=CC6)c6ccccc6-7)C6C=CC(F)=CC6)=CC54)cc32)C=C1. The van der Waals surface area contributed by atoms with Crippen molar-refractivity contribution < 1.29 is 17.6 Å². The van der Waals surface area contributed by atoms with Gasteiger partial charge in [-0.25, -0.2) is 17.6 Å². The van der Waals surface area contributed by atoms with Crippen molar-refractivity contribution >= 4 is 46.7 Å². The first-order chi connectivity index (χ1) is 43.6. The van der Waals surface area contributed by atoms with E-state index in [9.17, 15) is 4.39 Å². The number of rotatable bonds is 12. The molecule has 2 nitrogen and oxygen atoms in total. The first-order valence-electron chi connectivity index (χ1n) is 31.2. The number of halogens is 4. The Hall–Kier alpha value is -9.17. The van der Waals surface area contributed by atoms with Crippen LogP contribution in [0.25, 0.3) is 34.4 Å². The first-order valence-corrected chi connectivity index (χ1v) is 32.1. The molecule has 7 aromatic carbocycles. The smallest absolute Gasteiger partial charge is 0.123 e. The highest BCUT2D eigenvalue weighted by atomic mass is 32.2. The number of nitrogens with zero attached hydrogens (tertiary/aromatic N) is 2. The molecule has 1 aliphatic heterocycles. The van der Waals surface area contributed by atoms with Gasteiger partial charge in [-0.1, -0.05) is 171 Å². The molecule has 16 rings (SSSR count). The molecule has 0 saturated carbocycles. The van der Waals surface area contributed by atoms with Crippen molar-refractivity contribution in [2.45, 2.75) is 53.1 Å². The minimum absolute atomic E-state index is 0.00702. The van der Waals surface area contributed by atoms with E-state index in [-0.39, 0.29) is 69.4 Å². The minimum atomic E-state index is -0.673. The van der Waals surface area contributed by atoms with E-state index < -0.39 is 10.8 Å². The lowest BCUT2D eigenvalue weighted by molar-refractivity contribution is 0.444. The normalized spacial score (nSPS) is 26.9. The summed E-state index contributed by atoms with van der Waals surface area (Å²) in [5, 5.41) is 2.75. The van der Waals surface area contributed by atoms with Gasteiger partial charge < -0.3 is 9.80 Å². The molecule has 0 amide bonds. The van der Waals surface area contributed by atoms with Crippen LogP contribution in [0.3, 0.4) is 0 Å². The van der Waals surface area contributed by atoms with Gasteiger partial charge in [-0.2, -0.15) is 0 Å². The van der Waals surface area contributed by atoms with Crippen LogP contribution in [0.15, 0.2) is 297 Å². The molecular weight excluding hydrogens is 1120 g/mol. The van der Waals surface area contributed by atoms with E-state index in [1.54, 1.807) is 36.4 Å². The molecule has 0 aromatic heterocycles. The number of benzene rings is 7. The van der Waals surface area contributed by atoms with Gasteiger partial charge in [0.1, 0.15) is 23.3 Å². The molecule has 0 radical (unpaired) electrons. The molecule has 1 saturated heterocycles. The van der Waals surface area contributed by atoms with Crippen LogP contribution in [0.2, 0.25) is 0 Å². The van der Waals surface area contributed by atoms with Crippen LogP contribution in [0.5, 0.6) is 0 Å². The summed E-state index contributed by atoms with van der Waals surface area (Å²) in [5.41, 5.74) is 16.1. The van der Waals surface area contributed by atoms with Gasteiger partial charge in [0.2, 0.25) is 0 Å². The lowest BCUT2D eigenvalue weighted by Gasteiger charge is -2.42. The Bertz CT molecular complexity index is 4590. The molecule has 9 aliphatic rings. The molecule has 0 N–H and O–H groups in total. The number of hydrogen-bond donors (Lipinski definition) is 0. The van der Waals surface area contributed by atoms with Crippen LogP contribution in [-0.2, 0) is 10.8 Å². The van der Waals surface area contributed by atoms with E-state index in [0.29, 0.717) is 12.8 Å². The zero-order chi connectivity index (χ0) is 60.1. The summed E-state index contributed by atoms with van der Waals surface area (Å²) in [6.45, 7) is 8.20. The minimum Gasteiger partial charge on any atom is -0.334 e. The Morgan fingerprint density at radius 1 is 0.461 bits per heavy atom. The van der Waals surface area contributed by atoms with Crippen LogP contribution in [0, 0.1) is 41.2 Å². The van der Waals surface area contributed by atoms with Crippen molar-refractivity contribution in [3.05, 3.63) is 346 Å². The fourth-order valence-electron chi connectivity index (χ4n) is 16.4. The second-order valence-corrected chi connectivity index (χ2v) is 26.3. The summed E-state index contributed by atoms with van der Waals surface area (Å²) in [5.74, 6) is -0.582. The largest absolute Gasteiger partial charge is 0.334 e. The lowest BCUT2D eigenvalue weighted by atomic mass is 9.61. The van der Waals surface area contributed by atoms with Gasteiger partial charge in [0, 0.05) is 50.8 Å². The molecule has 10 atom stereocenters. The van der Waals surface area contributed by atoms with Gasteiger partial charge in [-0.05, 0) is 218 Å². The Morgan fingerprint density at radius 3 is 1.74 bits per heavy atom. The predicted molar refractivity (Wildman–Crippen MR) is 360 cm³/mol. The van der Waals surface area contributed by atoms with Crippen LogP contribution in [0.4, 0.5) is 40.3 Å². The molecule has 436 valence electrons. The first kappa shape index (κ1) is 55.2. The molecule has 0 spiro atoms. The highest BCUT2D eigenvalue weighted by Gasteiger charge is 2.52. The van der Waals surface area contributed by atoms with Gasteiger partial charge in [-0.15, -0.1) is 18.3 Å². The second-order valence-electron chi connectivity index (χ2n) is 25.0. The molecule has 89 heavy (non-hydrogen) atoms. The van der Waals surface area contributed by atoms with Crippen molar-refractivity contribution in [3.8, 4) is 22.3 Å². The standard InChI is InChI=1S/C82H64F4N2S/c1-3-51-13-18-55(19-14-51)81(57-22-26-59(83)27-23-57)75-11-7-5-9-69(75)71-42-39-67(49-77(71)81)87(63-35-30-61(85)31-36-63)65-34-17-53-47-80-73(46-54(53)45-65)74-48-66(41-44-79(74)89-80)88(64-37-32-62(86)33-38-64)68-40-43-72-70-10-6-8-12-76(70)82(78(72)50-68,58-24-28-60(84)29-25-58)56-20-15-52(4-2)16-21-56/h3-15,17-18,20-24,26-37,39-50,52,55,58,64,73-74,79-80H,1-2,16,19,25,38H2. The molecule has 1 heterocycles. The Balaban J connectivity index is 0.802. The third-order valence-corrected chi connectivity index (χ3v) is 22.1. The number of hydrogen-bond acceptors (Lipinski definition) is 3. The maximum absolute atomic E-state index is 15.1. The maximum Gasteiger partial charge on any atom is 0.123 e. The third-order valence-electron chi connectivity index (χ3n) is 20.5. The van der Waals surface area contributed by atoms with Gasteiger partial charge in [0.25, 0.3) is 0 Å². The number of fused-ring (bicyclic) bond motifs is 10. The van der Waals surface area contributed by atoms with Crippen molar-refractivity contribution in [2.75, 3.05) is 9.80 Å². The van der Waals surface area contributed by atoms with Crippen LogP contribution in [0.1, 0.15) is 53.5 Å². The van der Waals surface area contributed by atoms with E-state index in [2.05, 4.69) is 199 Å². The maximum atomic E-state index is 15.1. The van der Waals surface area contributed by atoms with Crippen molar-refractivity contribution in [3.63, 3.8) is 0 Å². The molecular formula is C82H64F4N2S. The number of allylic oxidation sites excluding steroid dienone is 18. The van der Waals surface area contributed by atoms with E-state index in [0.717, 1.165) is 74.3 Å². The van der Waals surface area contributed by atoms with Crippen LogP contribution in [-0.4, -0.2) is 16.5 Å². The Morgan fingerprint density at radius 2 is 1.07 bits per heavy atom. The summed E-state index contributed by atoms with van der Waals surface area (Å²) in [6.07, 6.45) is 43.0. The van der Waals surface area contributed by atoms with E-state index in [1.165, 1.54) is 50.7 Å². The third kappa shape index (κ3) is 8.89. The molecule has 0 bridgehead atoms. The molecule has 7 heteroatoms. The summed E-state index contributed by atoms with van der Waals surface area (Å²) >= 11 is 2.01. The Kier molecular flexibility index (Phi) is 13.5. The summed E-state index contributed by atoms with van der Waals surface area (Å²) in [7, 11) is 0.